The Morgan fingerprint density at radius 2 is 1.90 bits per heavy atom. The van der Waals surface area contributed by atoms with E-state index in [0.29, 0.717) is 0 Å². The SMILES string of the molecule is CNCCCC1CCN(Cc2ccc(OC)cc2)CC1. The Bertz CT molecular complexity index is 369. The first-order valence-electron chi connectivity index (χ1n) is 7.81. The molecule has 1 heterocycles. The summed E-state index contributed by atoms with van der Waals surface area (Å²) in [6, 6.07) is 8.47. The Hall–Kier alpha value is -1.06. The molecule has 1 aromatic carbocycles. The van der Waals surface area contributed by atoms with Crippen LogP contribution < -0.4 is 10.1 Å². The second-order valence-electron chi connectivity index (χ2n) is 5.81. The first-order valence-corrected chi connectivity index (χ1v) is 7.81. The van der Waals surface area contributed by atoms with Gasteiger partial charge in [0.25, 0.3) is 0 Å². The number of nitrogens with zero attached hydrogens (tertiary/aromatic N) is 1. The van der Waals surface area contributed by atoms with E-state index >= 15 is 0 Å². The fourth-order valence-corrected chi connectivity index (χ4v) is 2.99. The van der Waals surface area contributed by atoms with Crippen molar-refractivity contribution in [2.75, 3.05) is 33.8 Å². The molecular formula is C17H28N2O. The van der Waals surface area contributed by atoms with Gasteiger partial charge in [-0.25, -0.2) is 0 Å². The van der Waals surface area contributed by atoms with E-state index in [1.54, 1.807) is 7.11 Å². The van der Waals surface area contributed by atoms with Crippen LogP contribution in [-0.2, 0) is 6.54 Å². The summed E-state index contributed by atoms with van der Waals surface area (Å²) in [7, 11) is 3.76. The molecule has 1 aromatic rings. The Morgan fingerprint density at radius 3 is 2.50 bits per heavy atom. The molecule has 20 heavy (non-hydrogen) atoms. The summed E-state index contributed by atoms with van der Waals surface area (Å²) < 4.78 is 5.20. The van der Waals surface area contributed by atoms with Crippen molar-refractivity contribution in [1.29, 1.82) is 0 Å². The lowest BCUT2D eigenvalue weighted by molar-refractivity contribution is 0.171. The van der Waals surface area contributed by atoms with Crippen LogP contribution in [0.2, 0.25) is 0 Å². The van der Waals surface area contributed by atoms with Gasteiger partial charge >= 0.3 is 0 Å². The van der Waals surface area contributed by atoms with Gasteiger partial charge in [0.15, 0.2) is 0 Å². The molecule has 1 fully saturated rings. The van der Waals surface area contributed by atoms with Gasteiger partial charge in [-0.3, -0.25) is 4.90 Å². The Kier molecular flexibility index (Phi) is 6.34. The maximum atomic E-state index is 5.20. The molecule has 1 saturated heterocycles. The molecule has 1 aliphatic heterocycles. The van der Waals surface area contributed by atoms with Crippen LogP contribution in [0.25, 0.3) is 0 Å². The van der Waals surface area contributed by atoms with Crippen LogP contribution in [-0.4, -0.2) is 38.7 Å². The summed E-state index contributed by atoms with van der Waals surface area (Å²) in [6.45, 7) is 4.73. The molecule has 3 nitrogen and oxygen atoms in total. The third-order valence-corrected chi connectivity index (χ3v) is 4.31. The fraction of sp³-hybridized carbons (Fsp3) is 0.647. The molecular weight excluding hydrogens is 248 g/mol. The number of rotatable bonds is 7. The minimum absolute atomic E-state index is 0.940. The highest BCUT2D eigenvalue weighted by molar-refractivity contribution is 5.27. The van der Waals surface area contributed by atoms with Crippen LogP contribution in [0.1, 0.15) is 31.2 Å². The van der Waals surface area contributed by atoms with E-state index in [0.717, 1.165) is 24.8 Å². The summed E-state index contributed by atoms with van der Waals surface area (Å²) in [6.07, 6.45) is 5.43. The van der Waals surface area contributed by atoms with Crippen molar-refractivity contribution in [3.8, 4) is 5.75 Å². The van der Waals surface area contributed by atoms with E-state index in [1.165, 1.54) is 44.3 Å². The molecule has 0 bridgehead atoms. The second kappa shape index (κ2) is 8.28. The quantitative estimate of drug-likeness (QED) is 0.775. The van der Waals surface area contributed by atoms with Crippen molar-refractivity contribution in [3.05, 3.63) is 29.8 Å². The summed E-state index contributed by atoms with van der Waals surface area (Å²) >= 11 is 0. The van der Waals surface area contributed by atoms with Crippen molar-refractivity contribution < 1.29 is 4.74 Å². The molecule has 0 unspecified atom stereocenters. The molecule has 0 spiro atoms. The predicted octanol–water partition coefficient (Wildman–Crippen LogP) is 2.91. The molecule has 112 valence electrons. The third-order valence-electron chi connectivity index (χ3n) is 4.31. The standard InChI is InChI=1S/C17H28N2O/c1-18-11-3-4-15-9-12-19(13-10-15)14-16-5-7-17(20-2)8-6-16/h5-8,15,18H,3-4,9-14H2,1-2H3. The largest absolute Gasteiger partial charge is 0.497 e. The molecule has 0 atom stereocenters. The Labute approximate surface area is 123 Å². The van der Waals surface area contributed by atoms with Gasteiger partial charge in [-0.05, 0) is 76.0 Å². The molecule has 0 radical (unpaired) electrons. The van der Waals surface area contributed by atoms with E-state index in [2.05, 4.69) is 34.5 Å². The highest BCUT2D eigenvalue weighted by Crippen LogP contribution is 2.23. The summed E-state index contributed by atoms with van der Waals surface area (Å²) in [5.74, 6) is 1.88. The van der Waals surface area contributed by atoms with Crippen LogP contribution in [0, 0.1) is 5.92 Å². The summed E-state index contributed by atoms with van der Waals surface area (Å²) in [5.41, 5.74) is 1.39. The van der Waals surface area contributed by atoms with Gasteiger partial charge in [0.1, 0.15) is 5.75 Å². The van der Waals surface area contributed by atoms with Crippen LogP contribution in [0.15, 0.2) is 24.3 Å². The Morgan fingerprint density at radius 1 is 1.20 bits per heavy atom. The van der Waals surface area contributed by atoms with Crippen LogP contribution in [0.3, 0.4) is 0 Å². The normalized spacial score (nSPS) is 17.3. The van der Waals surface area contributed by atoms with Gasteiger partial charge < -0.3 is 10.1 Å². The summed E-state index contributed by atoms with van der Waals surface area (Å²) in [4.78, 5) is 2.58. The maximum Gasteiger partial charge on any atom is 0.118 e. The molecule has 3 heteroatoms. The van der Waals surface area contributed by atoms with Crippen molar-refractivity contribution in [1.82, 2.24) is 10.2 Å². The molecule has 0 amide bonds. The number of benzene rings is 1. The van der Waals surface area contributed by atoms with E-state index < -0.39 is 0 Å². The zero-order valence-electron chi connectivity index (χ0n) is 12.9. The average molecular weight is 276 g/mol. The van der Waals surface area contributed by atoms with Gasteiger partial charge in [0.2, 0.25) is 0 Å². The van der Waals surface area contributed by atoms with E-state index in [9.17, 15) is 0 Å². The summed E-state index contributed by atoms with van der Waals surface area (Å²) in [5, 5.41) is 3.24. The lowest BCUT2D eigenvalue weighted by atomic mass is 9.92. The zero-order chi connectivity index (χ0) is 14.2. The van der Waals surface area contributed by atoms with Crippen molar-refractivity contribution in [2.24, 2.45) is 5.92 Å². The van der Waals surface area contributed by atoms with Gasteiger partial charge in [-0.2, -0.15) is 0 Å². The van der Waals surface area contributed by atoms with Gasteiger partial charge in [-0.15, -0.1) is 0 Å². The van der Waals surface area contributed by atoms with Gasteiger partial charge in [-0.1, -0.05) is 12.1 Å². The van der Waals surface area contributed by atoms with Gasteiger partial charge in [0, 0.05) is 6.54 Å². The fourth-order valence-electron chi connectivity index (χ4n) is 2.99. The molecule has 1 N–H and O–H groups in total. The zero-order valence-corrected chi connectivity index (χ0v) is 12.9. The van der Waals surface area contributed by atoms with E-state index in [4.69, 9.17) is 4.74 Å². The number of piperidine rings is 1. The number of likely N-dealkylation sites (tertiary alicyclic amines) is 1. The maximum absolute atomic E-state index is 5.20. The van der Waals surface area contributed by atoms with E-state index in [-0.39, 0.29) is 0 Å². The van der Waals surface area contributed by atoms with Crippen molar-refractivity contribution in [3.63, 3.8) is 0 Å². The minimum atomic E-state index is 0.940. The Balaban J connectivity index is 1.70. The van der Waals surface area contributed by atoms with Crippen LogP contribution >= 0.6 is 0 Å². The molecule has 0 aliphatic carbocycles. The van der Waals surface area contributed by atoms with Crippen LogP contribution in [0.5, 0.6) is 5.75 Å². The van der Waals surface area contributed by atoms with Crippen molar-refractivity contribution >= 4 is 0 Å². The number of hydrogen-bond donors (Lipinski definition) is 1. The predicted molar refractivity (Wildman–Crippen MR) is 84.2 cm³/mol. The number of methoxy groups -OCH3 is 1. The molecule has 0 aromatic heterocycles. The van der Waals surface area contributed by atoms with E-state index in [1.807, 2.05) is 7.05 Å². The number of hydrogen-bond acceptors (Lipinski definition) is 3. The first kappa shape index (κ1) is 15.3. The number of nitrogens with one attached hydrogen (secondary N) is 1. The lowest BCUT2D eigenvalue weighted by Gasteiger charge is -2.32. The lowest BCUT2D eigenvalue weighted by Crippen LogP contribution is -2.33. The first-order chi connectivity index (χ1) is 9.81. The molecule has 1 aliphatic rings. The third kappa shape index (κ3) is 4.80. The van der Waals surface area contributed by atoms with Gasteiger partial charge in [0.05, 0.1) is 7.11 Å². The molecule has 2 rings (SSSR count). The number of ether oxygens (including phenoxy) is 1. The minimum Gasteiger partial charge on any atom is -0.497 e. The monoisotopic (exact) mass is 276 g/mol. The topological polar surface area (TPSA) is 24.5 Å². The molecule has 0 saturated carbocycles. The average Bonchev–Trinajstić information content (AvgIpc) is 2.50. The van der Waals surface area contributed by atoms with Crippen LogP contribution in [0.4, 0.5) is 0 Å². The highest BCUT2D eigenvalue weighted by Gasteiger charge is 2.18. The second-order valence-corrected chi connectivity index (χ2v) is 5.81. The van der Waals surface area contributed by atoms with Crippen molar-refractivity contribution in [2.45, 2.75) is 32.2 Å². The smallest absolute Gasteiger partial charge is 0.118 e. The highest BCUT2D eigenvalue weighted by atomic mass is 16.5.